The lowest BCUT2D eigenvalue weighted by molar-refractivity contribution is -0.124. The Labute approximate surface area is 192 Å². The van der Waals surface area contributed by atoms with Crippen LogP contribution >= 0.6 is 0 Å². The highest BCUT2D eigenvalue weighted by atomic mass is 16.5. The second kappa shape index (κ2) is 12.0. The maximum Gasteiger partial charge on any atom is 0.255 e. The molecule has 0 aliphatic rings. The monoisotopic (exact) mass is 449 g/mol. The molecule has 1 heterocycles. The number of benzene rings is 2. The molecule has 9 heteroatoms. The van der Waals surface area contributed by atoms with Crippen LogP contribution in [-0.2, 0) is 9.59 Å². The maximum atomic E-state index is 12.3. The fraction of sp³-hybridized carbons (Fsp3) is 0.250. The highest BCUT2D eigenvalue weighted by Gasteiger charge is 2.12. The summed E-state index contributed by atoms with van der Waals surface area (Å²) < 4.78 is 7.17. The Morgan fingerprint density at radius 3 is 2.48 bits per heavy atom. The smallest absolute Gasteiger partial charge is 0.255 e. The molecule has 3 rings (SSSR count). The SMILES string of the molecule is CCOc1ccccc1C(=O)NCCCC(=O)NCC(=O)Nc1ccc(-n2cccn2)cc1. The number of amides is 3. The van der Waals surface area contributed by atoms with Gasteiger partial charge in [-0.25, -0.2) is 4.68 Å². The Bertz CT molecular complexity index is 1060. The quantitative estimate of drug-likeness (QED) is 0.389. The Morgan fingerprint density at radius 1 is 0.970 bits per heavy atom. The molecule has 3 amide bonds. The predicted molar refractivity (Wildman–Crippen MR) is 124 cm³/mol. The Morgan fingerprint density at radius 2 is 1.76 bits per heavy atom. The van der Waals surface area contributed by atoms with Crippen molar-refractivity contribution < 1.29 is 19.1 Å². The van der Waals surface area contributed by atoms with Crippen molar-refractivity contribution in [2.45, 2.75) is 19.8 Å². The number of aromatic nitrogens is 2. The molecule has 33 heavy (non-hydrogen) atoms. The molecule has 3 N–H and O–H groups in total. The molecule has 3 aromatic rings. The average molecular weight is 450 g/mol. The van der Waals surface area contributed by atoms with Crippen LogP contribution < -0.4 is 20.7 Å². The number of carbonyl (C=O) groups excluding carboxylic acids is 3. The zero-order chi connectivity index (χ0) is 23.5. The number of anilines is 1. The largest absolute Gasteiger partial charge is 0.493 e. The van der Waals surface area contributed by atoms with Crippen LogP contribution in [-0.4, -0.2) is 47.2 Å². The van der Waals surface area contributed by atoms with Crippen LogP contribution in [0.1, 0.15) is 30.1 Å². The summed E-state index contributed by atoms with van der Waals surface area (Å²) in [6.07, 6.45) is 4.16. The van der Waals surface area contributed by atoms with Crippen molar-refractivity contribution in [3.05, 3.63) is 72.6 Å². The molecule has 0 radical (unpaired) electrons. The summed E-state index contributed by atoms with van der Waals surface area (Å²) in [7, 11) is 0. The summed E-state index contributed by atoms with van der Waals surface area (Å²) >= 11 is 0. The third kappa shape index (κ3) is 7.20. The van der Waals surface area contributed by atoms with E-state index in [0.29, 0.717) is 36.6 Å². The molecule has 2 aromatic carbocycles. The molecule has 172 valence electrons. The molecule has 0 saturated carbocycles. The van der Waals surface area contributed by atoms with Crippen LogP contribution in [0.25, 0.3) is 5.69 Å². The molecule has 0 saturated heterocycles. The molecule has 0 aliphatic heterocycles. The number of nitrogens with zero attached hydrogens (tertiary/aromatic N) is 2. The minimum absolute atomic E-state index is 0.131. The van der Waals surface area contributed by atoms with E-state index >= 15 is 0 Å². The summed E-state index contributed by atoms with van der Waals surface area (Å²) in [5.41, 5.74) is 1.96. The number of ether oxygens (including phenoxy) is 1. The number of carbonyl (C=O) groups is 3. The van der Waals surface area contributed by atoms with Crippen LogP contribution in [0.15, 0.2) is 67.0 Å². The van der Waals surface area contributed by atoms with Crippen LogP contribution in [0.2, 0.25) is 0 Å². The Hall–Kier alpha value is -4.14. The average Bonchev–Trinajstić information content (AvgIpc) is 3.36. The number of rotatable bonds is 11. The van der Waals surface area contributed by atoms with E-state index in [0.717, 1.165) is 5.69 Å². The normalized spacial score (nSPS) is 10.3. The first-order valence-corrected chi connectivity index (χ1v) is 10.7. The summed E-state index contributed by atoms with van der Waals surface area (Å²) in [6.45, 7) is 2.52. The number of hydrogen-bond acceptors (Lipinski definition) is 5. The first-order valence-electron chi connectivity index (χ1n) is 10.7. The van der Waals surface area contributed by atoms with E-state index in [1.54, 1.807) is 47.3 Å². The second-order valence-corrected chi connectivity index (χ2v) is 7.11. The van der Waals surface area contributed by atoms with Gasteiger partial charge in [0, 0.05) is 31.0 Å². The van der Waals surface area contributed by atoms with Gasteiger partial charge in [0.25, 0.3) is 5.91 Å². The van der Waals surface area contributed by atoms with Gasteiger partial charge in [0.15, 0.2) is 0 Å². The molecule has 1 aromatic heterocycles. The Kier molecular flexibility index (Phi) is 8.58. The summed E-state index contributed by atoms with van der Waals surface area (Å²) in [5, 5.41) is 12.2. The maximum absolute atomic E-state index is 12.3. The topological polar surface area (TPSA) is 114 Å². The lowest BCUT2D eigenvalue weighted by Gasteiger charge is -2.10. The summed E-state index contributed by atoms with van der Waals surface area (Å²) in [6, 6.07) is 16.0. The molecule has 0 unspecified atom stereocenters. The van der Waals surface area contributed by atoms with Gasteiger partial charge in [0.05, 0.1) is 24.4 Å². The van der Waals surface area contributed by atoms with Crippen molar-refractivity contribution in [3.63, 3.8) is 0 Å². The molecule has 9 nitrogen and oxygen atoms in total. The van der Waals surface area contributed by atoms with Crippen LogP contribution in [0.5, 0.6) is 5.75 Å². The third-order valence-electron chi connectivity index (χ3n) is 4.66. The van der Waals surface area contributed by atoms with Crippen LogP contribution in [0.4, 0.5) is 5.69 Å². The first-order chi connectivity index (χ1) is 16.1. The second-order valence-electron chi connectivity index (χ2n) is 7.11. The van der Waals surface area contributed by atoms with Gasteiger partial charge in [-0.15, -0.1) is 0 Å². The number of para-hydroxylation sites is 1. The number of hydrogen-bond donors (Lipinski definition) is 3. The fourth-order valence-corrected chi connectivity index (χ4v) is 3.07. The van der Waals surface area contributed by atoms with Crippen LogP contribution in [0.3, 0.4) is 0 Å². The van der Waals surface area contributed by atoms with Gasteiger partial charge in [-0.2, -0.15) is 5.10 Å². The molecule has 0 atom stereocenters. The predicted octanol–water partition coefficient (Wildman–Crippen LogP) is 2.54. The molecule has 0 fully saturated rings. The summed E-state index contributed by atoms with van der Waals surface area (Å²) in [5.74, 6) is -0.311. The van der Waals surface area contributed by atoms with Gasteiger partial charge in [-0.05, 0) is 55.8 Å². The van der Waals surface area contributed by atoms with Crippen molar-refractivity contribution >= 4 is 23.4 Å². The van der Waals surface area contributed by atoms with E-state index in [1.165, 1.54) is 0 Å². The minimum atomic E-state index is -0.323. The van der Waals surface area contributed by atoms with Crippen LogP contribution in [0, 0.1) is 0 Å². The van der Waals surface area contributed by atoms with Crippen molar-refractivity contribution in [1.82, 2.24) is 20.4 Å². The minimum Gasteiger partial charge on any atom is -0.493 e. The number of nitrogens with one attached hydrogen (secondary N) is 3. The van der Waals surface area contributed by atoms with E-state index < -0.39 is 0 Å². The fourth-order valence-electron chi connectivity index (χ4n) is 3.07. The van der Waals surface area contributed by atoms with Gasteiger partial charge in [0.2, 0.25) is 11.8 Å². The van der Waals surface area contributed by atoms with Crippen molar-refractivity contribution in [2.24, 2.45) is 0 Å². The summed E-state index contributed by atoms with van der Waals surface area (Å²) in [4.78, 5) is 36.4. The van der Waals surface area contributed by atoms with Gasteiger partial charge in [-0.1, -0.05) is 12.1 Å². The zero-order valence-corrected chi connectivity index (χ0v) is 18.4. The van der Waals surface area contributed by atoms with E-state index in [2.05, 4.69) is 21.0 Å². The highest BCUT2D eigenvalue weighted by molar-refractivity contribution is 5.97. The van der Waals surface area contributed by atoms with E-state index in [9.17, 15) is 14.4 Å². The molecule has 0 spiro atoms. The molecule has 0 aliphatic carbocycles. The highest BCUT2D eigenvalue weighted by Crippen LogP contribution is 2.17. The van der Waals surface area contributed by atoms with Crippen molar-refractivity contribution in [2.75, 3.05) is 25.0 Å². The Balaban J connectivity index is 1.33. The molecular weight excluding hydrogens is 422 g/mol. The lowest BCUT2D eigenvalue weighted by atomic mass is 10.2. The van der Waals surface area contributed by atoms with E-state index in [-0.39, 0.29) is 30.7 Å². The van der Waals surface area contributed by atoms with Gasteiger partial charge < -0.3 is 20.7 Å². The van der Waals surface area contributed by atoms with E-state index in [1.807, 2.05) is 31.3 Å². The van der Waals surface area contributed by atoms with Gasteiger partial charge >= 0.3 is 0 Å². The van der Waals surface area contributed by atoms with Crippen molar-refractivity contribution in [1.29, 1.82) is 0 Å². The lowest BCUT2D eigenvalue weighted by Crippen LogP contribution is -2.33. The third-order valence-corrected chi connectivity index (χ3v) is 4.66. The van der Waals surface area contributed by atoms with E-state index in [4.69, 9.17) is 4.74 Å². The van der Waals surface area contributed by atoms with Gasteiger partial charge in [0.1, 0.15) is 5.75 Å². The standard InChI is InChI=1S/C24H27N5O4/c1-2-33-21-8-4-3-7-20(21)24(32)25-14-5-9-22(30)26-17-23(31)28-18-10-12-19(13-11-18)29-16-6-15-27-29/h3-4,6-8,10-13,15-16H,2,5,9,14,17H2,1H3,(H,25,32)(H,26,30)(H,28,31). The van der Waals surface area contributed by atoms with Crippen molar-refractivity contribution in [3.8, 4) is 11.4 Å². The molecule has 0 bridgehead atoms. The molecular formula is C24H27N5O4. The van der Waals surface area contributed by atoms with Gasteiger partial charge in [-0.3, -0.25) is 14.4 Å². The first kappa shape index (κ1) is 23.5. The zero-order valence-electron chi connectivity index (χ0n) is 18.4.